The normalized spacial score (nSPS) is 22.2. The Hall–Kier alpha value is -1.16. The smallest absolute Gasteiger partial charge is 0.0995 e. The van der Waals surface area contributed by atoms with Crippen molar-refractivity contribution in [2.45, 2.75) is 38.0 Å². The van der Waals surface area contributed by atoms with Gasteiger partial charge in [0.1, 0.15) is 0 Å². The molecule has 0 saturated carbocycles. The minimum atomic E-state index is -0.464. The molecule has 164 valence electrons. The quantitative estimate of drug-likeness (QED) is 0.248. The Kier molecular flexibility index (Phi) is 7.25. The molecule has 0 radical (unpaired) electrons. The average Bonchev–Trinajstić information content (AvgIpc) is 3.21. The van der Waals surface area contributed by atoms with Crippen LogP contribution in [0.3, 0.4) is 0 Å². The summed E-state index contributed by atoms with van der Waals surface area (Å²) in [5.41, 5.74) is 5.34. The molecule has 2 heterocycles. The number of hydrogen-bond acceptors (Lipinski definition) is 4. The number of halogens is 1. The first-order chi connectivity index (χ1) is 15.0. The molecule has 0 bridgehead atoms. The second kappa shape index (κ2) is 9.77. The molecule has 2 atom stereocenters. The molecule has 1 saturated heterocycles. The van der Waals surface area contributed by atoms with Crippen LogP contribution in [0.15, 0.2) is 35.7 Å². The molecule has 1 aromatic heterocycles. The van der Waals surface area contributed by atoms with Gasteiger partial charge in [0.25, 0.3) is 0 Å². The Morgan fingerprint density at radius 2 is 2.13 bits per heavy atom. The Labute approximate surface area is 200 Å². The van der Waals surface area contributed by atoms with Crippen LogP contribution in [0.1, 0.15) is 36.5 Å². The van der Waals surface area contributed by atoms with Crippen molar-refractivity contribution in [3.05, 3.63) is 57.4 Å². The van der Waals surface area contributed by atoms with Crippen LogP contribution in [0, 0.1) is 11.3 Å². The minimum Gasteiger partial charge on any atom is -0.252 e. The molecule has 0 spiro atoms. The highest BCUT2D eigenvalue weighted by Gasteiger charge is 2.44. The monoisotopic (exact) mass is 488 g/mol. The van der Waals surface area contributed by atoms with E-state index in [-0.39, 0.29) is 0 Å². The first kappa shape index (κ1) is 23.0. The number of aryl methyl sites for hydroxylation is 1. The number of benzene rings is 2. The molecule has 1 N–H and O–H groups in total. The maximum Gasteiger partial charge on any atom is 0.0995 e. The molecule has 0 amide bonds. The molecule has 4 rings (SSSR count). The first-order valence-corrected chi connectivity index (χ1v) is 15.7. The summed E-state index contributed by atoms with van der Waals surface area (Å²) in [7, 11) is -0.464. The van der Waals surface area contributed by atoms with E-state index in [0.717, 1.165) is 42.2 Å². The van der Waals surface area contributed by atoms with Gasteiger partial charge < -0.3 is 0 Å². The zero-order valence-corrected chi connectivity index (χ0v) is 21.5. The Morgan fingerprint density at radius 1 is 1.29 bits per heavy atom. The molecule has 2 nitrogen and oxygen atoms in total. The number of rotatable bonds is 9. The lowest BCUT2D eigenvalue weighted by Gasteiger charge is -2.16. The fourth-order valence-electron chi connectivity index (χ4n) is 4.12. The molecule has 31 heavy (non-hydrogen) atoms. The van der Waals surface area contributed by atoms with E-state index < -0.39 is 10.0 Å². The SMILES string of the molecule is CCCCc1c(Cl)cc(-c2csc3cc(CCS4(C)CC4NSC)ccc23)cc1C#N. The summed E-state index contributed by atoms with van der Waals surface area (Å²) in [5.74, 6) is 2.66. The third-order valence-corrected chi connectivity index (χ3v) is 11.7. The van der Waals surface area contributed by atoms with Crippen LogP contribution in [0.4, 0.5) is 0 Å². The fourth-order valence-corrected chi connectivity index (χ4v) is 9.68. The van der Waals surface area contributed by atoms with Crippen molar-refractivity contribution in [3.8, 4) is 17.2 Å². The number of nitriles is 1. The van der Waals surface area contributed by atoms with Crippen LogP contribution in [0.5, 0.6) is 0 Å². The standard InChI is InChI=1S/C25H29ClN2S3/c1-4-5-6-20-19(14-27)12-18(13-23(20)26)22-15-30-24-11-17(7-8-21(22)24)9-10-31(3)16-25(31)28-29-2/h7-8,11-13,15,25,28H,4-6,9-10,16H2,1-3H3. The van der Waals surface area contributed by atoms with E-state index in [0.29, 0.717) is 10.6 Å². The van der Waals surface area contributed by atoms with E-state index in [1.165, 1.54) is 32.7 Å². The Bertz CT molecular complexity index is 1130. The van der Waals surface area contributed by atoms with E-state index in [2.05, 4.69) is 53.8 Å². The highest BCUT2D eigenvalue weighted by molar-refractivity contribution is 8.39. The van der Waals surface area contributed by atoms with Gasteiger partial charge in [-0.1, -0.05) is 49.0 Å². The predicted molar refractivity (Wildman–Crippen MR) is 143 cm³/mol. The first-order valence-electron chi connectivity index (χ1n) is 10.7. The molecule has 2 unspecified atom stereocenters. The minimum absolute atomic E-state index is 0.464. The average molecular weight is 489 g/mol. The summed E-state index contributed by atoms with van der Waals surface area (Å²) in [5, 5.41) is 14.6. The number of nitrogens with one attached hydrogen (secondary N) is 1. The Balaban J connectivity index is 1.56. The number of unbranched alkanes of at least 4 members (excludes halogenated alkanes) is 1. The van der Waals surface area contributed by atoms with Gasteiger partial charge in [-0.05, 0) is 77.8 Å². The molecular weight excluding hydrogens is 460 g/mol. The molecule has 1 aliphatic heterocycles. The molecule has 6 heteroatoms. The van der Waals surface area contributed by atoms with Gasteiger partial charge in [0.15, 0.2) is 0 Å². The van der Waals surface area contributed by atoms with Gasteiger partial charge in [-0.2, -0.15) is 5.26 Å². The summed E-state index contributed by atoms with van der Waals surface area (Å²) in [6.45, 7) is 2.16. The van der Waals surface area contributed by atoms with Crippen LogP contribution < -0.4 is 4.72 Å². The van der Waals surface area contributed by atoms with Crippen LogP contribution in [0.25, 0.3) is 21.2 Å². The van der Waals surface area contributed by atoms with Gasteiger partial charge >= 0.3 is 0 Å². The number of nitrogens with zero attached hydrogens (tertiary/aromatic N) is 1. The van der Waals surface area contributed by atoms with Crippen LogP contribution in [-0.2, 0) is 12.8 Å². The lowest BCUT2D eigenvalue weighted by Crippen LogP contribution is -2.09. The topological polar surface area (TPSA) is 35.8 Å². The van der Waals surface area contributed by atoms with Crippen molar-refractivity contribution in [2.75, 3.05) is 24.0 Å². The van der Waals surface area contributed by atoms with Crippen molar-refractivity contribution in [1.82, 2.24) is 4.72 Å². The molecule has 2 aromatic carbocycles. The van der Waals surface area contributed by atoms with Crippen molar-refractivity contribution < 1.29 is 0 Å². The van der Waals surface area contributed by atoms with Crippen molar-refractivity contribution in [2.24, 2.45) is 0 Å². The zero-order chi connectivity index (χ0) is 22.0. The van der Waals surface area contributed by atoms with Gasteiger partial charge in [-0.15, -0.1) is 11.3 Å². The van der Waals surface area contributed by atoms with Gasteiger partial charge in [-0.3, -0.25) is 4.72 Å². The highest BCUT2D eigenvalue weighted by Crippen LogP contribution is 2.64. The number of hydrogen-bond donors (Lipinski definition) is 1. The summed E-state index contributed by atoms with van der Waals surface area (Å²) in [6.07, 6.45) is 8.75. The molecule has 0 aliphatic carbocycles. The molecule has 1 fully saturated rings. The fraction of sp³-hybridized carbons (Fsp3) is 0.400. The Morgan fingerprint density at radius 3 is 2.87 bits per heavy atom. The van der Waals surface area contributed by atoms with Crippen LogP contribution in [-0.4, -0.2) is 29.4 Å². The van der Waals surface area contributed by atoms with Crippen LogP contribution >= 0.6 is 44.9 Å². The van der Waals surface area contributed by atoms with E-state index >= 15 is 0 Å². The van der Waals surface area contributed by atoms with Gasteiger partial charge in [0.05, 0.1) is 17.0 Å². The van der Waals surface area contributed by atoms with E-state index in [1.807, 2.05) is 12.1 Å². The van der Waals surface area contributed by atoms with E-state index in [9.17, 15) is 5.26 Å². The number of thiophene rings is 1. The van der Waals surface area contributed by atoms with Crippen molar-refractivity contribution in [1.29, 1.82) is 5.26 Å². The lowest BCUT2D eigenvalue weighted by atomic mass is 9.96. The van der Waals surface area contributed by atoms with Gasteiger partial charge in [0, 0.05) is 26.4 Å². The summed E-state index contributed by atoms with van der Waals surface area (Å²) >= 11 is 10.1. The van der Waals surface area contributed by atoms with Crippen molar-refractivity contribution in [3.63, 3.8) is 0 Å². The van der Waals surface area contributed by atoms with Gasteiger partial charge in [-0.25, -0.2) is 10.0 Å². The predicted octanol–water partition coefficient (Wildman–Crippen LogP) is 7.62. The highest BCUT2D eigenvalue weighted by atomic mass is 35.5. The van der Waals surface area contributed by atoms with Crippen molar-refractivity contribution >= 4 is 55.0 Å². The number of fused-ring (bicyclic) bond motifs is 1. The maximum atomic E-state index is 9.69. The molecular formula is C25H29ClN2S3. The molecule has 3 aromatic rings. The summed E-state index contributed by atoms with van der Waals surface area (Å²) < 4.78 is 4.86. The largest absolute Gasteiger partial charge is 0.252 e. The summed E-state index contributed by atoms with van der Waals surface area (Å²) in [6, 6.07) is 13.3. The van der Waals surface area contributed by atoms with Gasteiger partial charge in [0.2, 0.25) is 0 Å². The molecule has 1 aliphatic rings. The second-order valence-electron chi connectivity index (χ2n) is 8.46. The third-order valence-electron chi connectivity index (χ3n) is 6.26. The summed E-state index contributed by atoms with van der Waals surface area (Å²) in [4.78, 5) is 0. The van der Waals surface area contributed by atoms with E-state index in [1.54, 1.807) is 23.3 Å². The maximum absolute atomic E-state index is 9.69. The lowest BCUT2D eigenvalue weighted by molar-refractivity contribution is 0.794. The third kappa shape index (κ3) is 4.94. The zero-order valence-electron chi connectivity index (χ0n) is 18.3. The van der Waals surface area contributed by atoms with E-state index in [4.69, 9.17) is 11.6 Å². The van der Waals surface area contributed by atoms with Crippen LogP contribution in [0.2, 0.25) is 5.02 Å². The second-order valence-corrected chi connectivity index (χ2v) is 14.4.